The Labute approximate surface area is 177 Å². The molecule has 1 amide bonds. The number of aromatic nitrogens is 3. The zero-order chi connectivity index (χ0) is 22.0. The summed E-state index contributed by atoms with van der Waals surface area (Å²) in [6, 6.07) is 3.97. The van der Waals surface area contributed by atoms with E-state index in [0.29, 0.717) is 18.7 Å². The van der Waals surface area contributed by atoms with Gasteiger partial charge in [-0.2, -0.15) is 0 Å². The summed E-state index contributed by atoms with van der Waals surface area (Å²) in [5, 5.41) is 10.1. The minimum atomic E-state index is -1.36. The molecule has 0 saturated carbocycles. The lowest BCUT2D eigenvalue weighted by atomic mass is 9.78. The molecule has 7 nitrogen and oxygen atoms in total. The Morgan fingerprint density at radius 1 is 1.20 bits per heavy atom. The third-order valence-corrected chi connectivity index (χ3v) is 6.13. The van der Waals surface area contributed by atoms with Crippen LogP contribution in [0.1, 0.15) is 53.2 Å². The normalized spacial score (nSPS) is 22.0. The smallest absolute Gasteiger partial charge is 0.330 e. The average Bonchev–Trinajstić information content (AvgIpc) is 2.90. The van der Waals surface area contributed by atoms with Crippen molar-refractivity contribution < 1.29 is 9.90 Å². The lowest BCUT2D eigenvalue weighted by Gasteiger charge is -2.45. The molecule has 3 aliphatic rings. The van der Waals surface area contributed by atoms with Crippen LogP contribution in [0.3, 0.4) is 0 Å². The first kappa shape index (κ1) is 20.8. The number of aliphatic hydroxyl groups is 1. The molecule has 0 radical (unpaired) electrons. The maximum Gasteiger partial charge on any atom is 0.330 e. The molecular weight excluding hydrogens is 380 g/mol. The summed E-state index contributed by atoms with van der Waals surface area (Å²) in [4.78, 5) is 32.1. The Morgan fingerprint density at radius 3 is 2.47 bits per heavy atom. The van der Waals surface area contributed by atoms with Crippen LogP contribution in [0.25, 0.3) is 16.7 Å². The fourth-order valence-corrected chi connectivity index (χ4v) is 4.70. The monoisotopic (exact) mass is 412 g/mol. The highest BCUT2D eigenvalue weighted by molar-refractivity contribution is 5.86. The van der Waals surface area contributed by atoms with Gasteiger partial charge in [-0.3, -0.25) is 13.9 Å². The van der Waals surface area contributed by atoms with E-state index >= 15 is 0 Å². The predicted molar refractivity (Wildman–Crippen MR) is 117 cm³/mol. The molecule has 0 aromatic carbocycles. The Morgan fingerprint density at radius 2 is 1.90 bits per heavy atom. The van der Waals surface area contributed by atoms with Crippen molar-refractivity contribution in [1.29, 1.82) is 0 Å². The van der Waals surface area contributed by atoms with Gasteiger partial charge in [0, 0.05) is 26.1 Å². The molecule has 0 spiro atoms. The van der Waals surface area contributed by atoms with Crippen LogP contribution < -0.4 is 5.69 Å². The number of aryl methyl sites for hydroxylation is 1. The zero-order valence-electron chi connectivity index (χ0n) is 18.8. The summed E-state index contributed by atoms with van der Waals surface area (Å²) in [6.45, 7) is 10.7. The molecule has 2 aromatic rings. The molecular formula is C23H32N4O3. The number of amides is 1. The Hall–Kier alpha value is -2.41. The van der Waals surface area contributed by atoms with E-state index in [1.807, 2.05) is 12.1 Å². The maximum atomic E-state index is 12.8. The molecule has 1 fully saturated rings. The highest BCUT2D eigenvalue weighted by Gasteiger charge is 2.41. The zero-order valence-corrected chi connectivity index (χ0v) is 18.8. The molecule has 4 heterocycles. The highest BCUT2D eigenvalue weighted by atomic mass is 16.3. The number of carbonyl (C=O) groups excluding carboxylic acids is 1. The number of hydrogen-bond donors (Lipinski definition) is 1. The fraction of sp³-hybridized carbons (Fsp3) is 0.609. The summed E-state index contributed by atoms with van der Waals surface area (Å²) in [5.74, 6) is -0.0301. The first-order chi connectivity index (χ1) is 13.9. The van der Waals surface area contributed by atoms with Crippen molar-refractivity contribution in [2.75, 3.05) is 6.54 Å². The van der Waals surface area contributed by atoms with Crippen LogP contribution in [0.5, 0.6) is 0 Å². The van der Waals surface area contributed by atoms with E-state index in [9.17, 15) is 14.7 Å². The van der Waals surface area contributed by atoms with Crippen molar-refractivity contribution >= 4 is 22.6 Å². The second kappa shape index (κ2) is 6.80. The molecule has 1 saturated heterocycles. The van der Waals surface area contributed by atoms with Crippen LogP contribution in [0.15, 0.2) is 23.0 Å². The largest absolute Gasteiger partial charge is 0.381 e. The van der Waals surface area contributed by atoms with Gasteiger partial charge in [0.05, 0.1) is 17.3 Å². The predicted octanol–water partition coefficient (Wildman–Crippen LogP) is 2.56. The van der Waals surface area contributed by atoms with Gasteiger partial charge >= 0.3 is 5.69 Å². The Bertz CT molecular complexity index is 1090. The van der Waals surface area contributed by atoms with Gasteiger partial charge in [0.2, 0.25) is 0 Å². The minimum Gasteiger partial charge on any atom is -0.381 e. The quantitative estimate of drug-likeness (QED) is 0.840. The molecule has 162 valence electrons. The van der Waals surface area contributed by atoms with Gasteiger partial charge in [-0.25, -0.2) is 9.78 Å². The maximum absolute atomic E-state index is 12.8. The molecule has 5 rings (SSSR count). The molecule has 2 atom stereocenters. The molecule has 7 heteroatoms. The molecule has 30 heavy (non-hydrogen) atoms. The highest BCUT2D eigenvalue weighted by Crippen LogP contribution is 2.40. The second-order valence-corrected chi connectivity index (χ2v) is 10.5. The molecule has 1 aliphatic carbocycles. The average molecular weight is 413 g/mol. The van der Waals surface area contributed by atoms with E-state index in [-0.39, 0.29) is 29.0 Å². The third kappa shape index (κ3) is 3.49. The van der Waals surface area contributed by atoms with Gasteiger partial charge in [-0.15, -0.1) is 0 Å². The molecule has 2 aliphatic heterocycles. The number of rotatable bonds is 3. The van der Waals surface area contributed by atoms with Crippen LogP contribution in [-0.4, -0.2) is 48.2 Å². The van der Waals surface area contributed by atoms with Gasteiger partial charge < -0.3 is 10.0 Å². The van der Waals surface area contributed by atoms with Gasteiger partial charge in [0.1, 0.15) is 5.60 Å². The number of pyridine rings is 1. The number of imidazole rings is 1. The van der Waals surface area contributed by atoms with E-state index in [1.54, 1.807) is 34.9 Å². The van der Waals surface area contributed by atoms with Crippen LogP contribution in [0.4, 0.5) is 0 Å². The first-order valence-electron chi connectivity index (χ1n) is 10.7. The summed E-state index contributed by atoms with van der Waals surface area (Å²) in [7, 11) is 1.77. The standard InChI is InChI=1S/C23H32N4O3/c1-22(2,3)13-27-18-10-9-17(24-19(18)25(6)21(27)29)16-11-15-8-7-14(16)12-26(15)20(28)23(4,5)30/h9-11,14-15,30H,7-8,12-13H2,1-6H3. The van der Waals surface area contributed by atoms with Gasteiger partial charge in [-0.05, 0) is 49.8 Å². The summed E-state index contributed by atoms with van der Waals surface area (Å²) >= 11 is 0. The van der Waals surface area contributed by atoms with Crippen LogP contribution in [0, 0.1) is 11.3 Å². The van der Waals surface area contributed by atoms with E-state index in [1.165, 1.54) is 0 Å². The van der Waals surface area contributed by atoms with E-state index in [0.717, 1.165) is 29.6 Å². The van der Waals surface area contributed by atoms with Crippen molar-refractivity contribution in [3.05, 3.63) is 34.4 Å². The summed E-state index contributed by atoms with van der Waals surface area (Å²) in [5.41, 5.74) is 2.12. The van der Waals surface area contributed by atoms with Crippen molar-refractivity contribution in [1.82, 2.24) is 19.0 Å². The van der Waals surface area contributed by atoms with E-state index in [4.69, 9.17) is 4.98 Å². The number of nitrogens with zero attached hydrogens (tertiary/aromatic N) is 4. The van der Waals surface area contributed by atoms with E-state index in [2.05, 4.69) is 26.8 Å². The molecule has 2 aromatic heterocycles. The van der Waals surface area contributed by atoms with Crippen molar-refractivity contribution in [2.24, 2.45) is 18.4 Å². The summed E-state index contributed by atoms with van der Waals surface area (Å²) in [6.07, 6.45) is 4.02. The third-order valence-electron chi connectivity index (χ3n) is 6.13. The van der Waals surface area contributed by atoms with Gasteiger partial charge in [0.25, 0.3) is 5.91 Å². The second-order valence-electron chi connectivity index (χ2n) is 10.5. The number of carbonyl (C=O) groups is 1. The SMILES string of the molecule is Cn1c(=O)n(CC(C)(C)C)c2ccc(C3=CC4CCC3CN4C(=O)C(C)(C)O)nc21. The lowest BCUT2D eigenvalue weighted by molar-refractivity contribution is -0.151. The summed E-state index contributed by atoms with van der Waals surface area (Å²) < 4.78 is 3.42. The van der Waals surface area contributed by atoms with Crippen LogP contribution in [0.2, 0.25) is 0 Å². The van der Waals surface area contributed by atoms with Crippen LogP contribution >= 0.6 is 0 Å². The lowest BCUT2D eigenvalue weighted by Crippen LogP contribution is -2.55. The topological polar surface area (TPSA) is 80.4 Å². The van der Waals surface area contributed by atoms with Crippen LogP contribution in [-0.2, 0) is 18.4 Å². The van der Waals surface area contributed by atoms with Crippen molar-refractivity contribution in [3.8, 4) is 0 Å². The molecule has 2 bridgehead atoms. The van der Waals surface area contributed by atoms with Crippen molar-refractivity contribution in [2.45, 2.75) is 65.6 Å². The number of hydrogen-bond acceptors (Lipinski definition) is 4. The first-order valence-corrected chi connectivity index (χ1v) is 10.7. The number of piperidine rings is 1. The fourth-order valence-electron chi connectivity index (χ4n) is 4.70. The Kier molecular flexibility index (Phi) is 4.73. The van der Waals surface area contributed by atoms with E-state index < -0.39 is 5.60 Å². The van der Waals surface area contributed by atoms with Gasteiger partial charge in [-0.1, -0.05) is 26.8 Å². The minimum absolute atomic E-state index is 0.0156. The Balaban J connectivity index is 1.72. The van der Waals surface area contributed by atoms with Gasteiger partial charge in [0.15, 0.2) is 5.65 Å². The molecule has 1 N–H and O–H groups in total. The number of fused-ring (bicyclic) bond motifs is 3. The molecule has 2 unspecified atom stereocenters. The van der Waals surface area contributed by atoms with Crippen molar-refractivity contribution in [3.63, 3.8) is 0 Å².